The lowest BCUT2D eigenvalue weighted by atomic mass is 9.91. The van der Waals surface area contributed by atoms with Crippen LogP contribution in [0.15, 0.2) is 36.4 Å². The summed E-state index contributed by atoms with van der Waals surface area (Å²) in [7, 11) is 0. The minimum Gasteiger partial charge on any atom is -0.508 e. The molecule has 0 fully saturated rings. The Morgan fingerprint density at radius 1 is 0.952 bits per heavy atom. The van der Waals surface area contributed by atoms with Gasteiger partial charge in [-0.3, -0.25) is 0 Å². The minimum atomic E-state index is -2.22. The molecule has 2 aromatic carbocycles. The molecule has 1 unspecified atom stereocenters. The van der Waals surface area contributed by atoms with Crippen molar-refractivity contribution in [2.45, 2.75) is 18.3 Å². The lowest BCUT2D eigenvalue weighted by Gasteiger charge is -2.37. The molecule has 1 aliphatic rings. The van der Waals surface area contributed by atoms with Crippen LogP contribution in [0.1, 0.15) is 17.2 Å². The van der Waals surface area contributed by atoms with Crippen LogP contribution in [0.5, 0.6) is 23.0 Å². The van der Waals surface area contributed by atoms with Crippen LogP contribution in [0.4, 0.5) is 0 Å². The summed E-state index contributed by atoms with van der Waals surface area (Å²) >= 11 is 0. The second kappa shape index (κ2) is 4.54. The summed E-state index contributed by atoms with van der Waals surface area (Å²) in [5.41, 5.74) is 0.666. The summed E-state index contributed by atoms with van der Waals surface area (Å²) in [5, 5.41) is 48.9. The lowest BCUT2D eigenvalue weighted by Crippen LogP contribution is -2.44. The second-order valence-electron chi connectivity index (χ2n) is 5.09. The van der Waals surface area contributed by atoms with Gasteiger partial charge in [-0.25, -0.2) is 0 Å². The number of rotatable bonds is 1. The van der Waals surface area contributed by atoms with E-state index in [9.17, 15) is 25.5 Å². The van der Waals surface area contributed by atoms with Crippen LogP contribution in [0.2, 0.25) is 0 Å². The van der Waals surface area contributed by atoms with E-state index in [1.165, 1.54) is 30.3 Å². The van der Waals surface area contributed by atoms with Crippen molar-refractivity contribution in [1.82, 2.24) is 0 Å². The highest BCUT2D eigenvalue weighted by Gasteiger charge is 2.43. The summed E-state index contributed by atoms with van der Waals surface area (Å²) in [6, 6.07) is 8.25. The number of fused-ring (bicyclic) bond motifs is 1. The first-order valence-corrected chi connectivity index (χ1v) is 6.32. The Morgan fingerprint density at radius 2 is 1.62 bits per heavy atom. The number of ether oxygens (including phenoxy) is 1. The summed E-state index contributed by atoms with van der Waals surface area (Å²) in [6.07, 6.45) is -1.35. The molecular formula is C15H14O6. The molecule has 2 aromatic rings. The van der Waals surface area contributed by atoms with Crippen LogP contribution >= 0.6 is 0 Å². The van der Waals surface area contributed by atoms with Crippen LogP contribution in [-0.4, -0.2) is 31.3 Å². The van der Waals surface area contributed by atoms with Crippen molar-refractivity contribution in [2.75, 3.05) is 0 Å². The van der Waals surface area contributed by atoms with Crippen molar-refractivity contribution in [1.29, 1.82) is 0 Å². The summed E-state index contributed by atoms with van der Waals surface area (Å²) in [4.78, 5) is 0. The molecule has 5 N–H and O–H groups in total. The van der Waals surface area contributed by atoms with Crippen molar-refractivity contribution < 1.29 is 30.3 Å². The molecule has 6 nitrogen and oxygen atoms in total. The monoisotopic (exact) mass is 290 g/mol. The van der Waals surface area contributed by atoms with E-state index in [-0.39, 0.29) is 35.0 Å². The highest BCUT2D eigenvalue weighted by Crippen LogP contribution is 2.45. The largest absolute Gasteiger partial charge is 0.508 e. The maximum Gasteiger partial charge on any atom is 0.209 e. The van der Waals surface area contributed by atoms with E-state index >= 15 is 0 Å². The highest BCUT2D eigenvalue weighted by atomic mass is 16.6. The molecule has 0 spiro atoms. The summed E-state index contributed by atoms with van der Waals surface area (Å²) in [6.45, 7) is 0. The van der Waals surface area contributed by atoms with E-state index in [2.05, 4.69) is 0 Å². The van der Waals surface area contributed by atoms with Crippen LogP contribution in [-0.2, 0) is 6.42 Å². The van der Waals surface area contributed by atoms with Gasteiger partial charge in [0.15, 0.2) is 6.10 Å². The van der Waals surface area contributed by atoms with Crippen LogP contribution in [0.25, 0.3) is 0 Å². The molecule has 0 saturated heterocycles. The topological polar surface area (TPSA) is 110 Å². The number of phenols is 3. The third-order valence-corrected chi connectivity index (χ3v) is 3.47. The fourth-order valence-electron chi connectivity index (χ4n) is 2.46. The van der Waals surface area contributed by atoms with Crippen molar-refractivity contribution in [3.8, 4) is 23.0 Å². The number of hydrogen-bond donors (Lipinski definition) is 5. The Morgan fingerprint density at radius 3 is 2.29 bits per heavy atom. The van der Waals surface area contributed by atoms with Gasteiger partial charge in [-0.2, -0.15) is 0 Å². The van der Waals surface area contributed by atoms with Gasteiger partial charge in [0.2, 0.25) is 5.79 Å². The zero-order chi connectivity index (χ0) is 15.2. The Kier molecular flexibility index (Phi) is 2.93. The number of hydrogen-bond acceptors (Lipinski definition) is 6. The predicted octanol–water partition coefficient (Wildman–Crippen LogP) is 1.16. The molecular weight excluding hydrogens is 276 g/mol. The smallest absolute Gasteiger partial charge is 0.209 e. The van der Waals surface area contributed by atoms with Gasteiger partial charge in [-0.1, -0.05) is 12.1 Å². The van der Waals surface area contributed by atoms with E-state index in [0.29, 0.717) is 5.56 Å². The fraction of sp³-hybridized carbons (Fsp3) is 0.200. The SMILES string of the molecule is Oc1ccc(C2Oc3cc(O)cc(O)c3CC2(O)O)cc1. The normalized spacial score (nSPS) is 19.6. The van der Waals surface area contributed by atoms with Crippen molar-refractivity contribution in [3.63, 3.8) is 0 Å². The highest BCUT2D eigenvalue weighted by molar-refractivity contribution is 5.51. The fourth-order valence-corrected chi connectivity index (χ4v) is 2.46. The number of benzene rings is 2. The molecule has 0 amide bonds. The quantitative estimate of drug-likeness (QED) is 0.504. The Balaban J connectivity index is 2.05. The molecule has 3 rings (SSSR count). The predicted molar refractivity (Wildman–Crippen MR) is 72.1 cm³/mol. The molecule has 6 heteroatoms. The molecule has 0 aliphatic carbocycles. The molecule has 0 radical (unpaired) electrons. The molecule has 1 atom stereocenters. The first-order chi connectivity index (χ1) is 9.87. The standard InChI is InChI=1S/C15H14O6/c16-9-3-1-8(2-4-9)14-15(19,20)7-11-12(18)5-10(17)6-13(11)21-14/h1-6,14,16-20H,7H2. The number of phenolic OH excluding ortho intramolecular Hbond substituents is 3. The average molecular weight is 290 g/mol. The van der Waals surface area contributed by atoms with Crippen LogP contribution < -0.4 is 4.74 Å². The van der Waals surface area contributed by atoms with Crippen molar-refractivity contribution in [2.24, 2.45) is 0 Å². The van der Waals surface area contributed by atoms with E-state index in [0.717, 1.165) is 6.07 Å². The van der Waals surface area contributed by atoms with Crippen molar-refractivity contribution in [3.05, 3.63) is 47.5 Å². The second-order valence-corrected chi connectivity index (χ2v) is 5.09. The lowest BCUT2D eigenvalue weighted by molar-refractivity contribution is -0.226. The van der Waals surface area contributed by atoms with Gasteiger partial charge in [0.05, 0.1) is 0 Å². The summed E-state index contributed by atoms with van der Waals surface area (Å²) < 4.78 is 5.53. The van der Waals surface area contributed by atoms with Crippen molar-refractivity contribution >= 4 is 0 Å². The Bertz CT molecular complexity index is 677. The van der Waals surface area contributed by atoms with Gasteiger partial charge >= 0.3 is 0 Å². The van der Waals surface area contributed by atoms with E-state index < -0.39 is 11.9 Å². The first kappa shape index (κ1) is 13.5. The number of aliphatic hydroxyl groups is 2. The third kappa shape index (κ3) is 2.35. The van der Waals surface area contributed by atoms with Crippen LogP contribution in [0, 0.1) is 0 Å². The van der Waals surface area contributed by atoms with E-state index in [1.807, 2.05) is 0 Å². The molecule has 1 aliphatic heterocycles. The van der Waals surface area contributed by atoms with Crippen LogP contribution in [0.3, 0.4) is 0 Å². The van der Waals surface area contributed by atoms with Gasteiger partial charge in [0, 0.05) is 24.1 Å². The van der Waals surface area contributed by atoms with Gasteiger partial charge in [-0.05, 0) is 17.7 Å². The first-order valence-electron chi connectivity index (χ1n) is 6.32. The van der Waals surface area contributed by atoms with Gasteiger partial charge in [-0.15, -0.1) is 0 Å². The molecule has 21 heavy (non-hydrogen) atoms. The molecule has 0 bridgehead atoms. The molecule has 0 aromatic heterocycles. The van der Waals surface area contributed by atoms with Gasteiger partial charge < -0.3 is 30.3 Å². The zero-order valence-electron chi connectivity index (χ0n) is 10.9. The Hall–Kier alpha value is -2.44. The van der Waals surface area contributed by atoms with E-state index in [1.54, 1.807) is 0 Å². The molecule has 1 heterocycles. The molecule has 0 saturated carbocycles. The Labute approximate surface area is 120 Å². The summed E-state index contributed by atoms with van der Waals surface area (Å²) in [5.74, 6) is -2.44. The van der Waals surface area contributed by atoms with E-state index in [4.69, 9.17) is 4.74 Å². The van der Waals surface area contributed by atoms with Gasteiger partial charge in [0.25, 0.3) is 0 Å². The number of aromatic hydroxyl groups is 3. The zero-order valence-corrected chi connectivity index (χ0v) is 10.9. The maximum atomic E-state index is 10.2. The van der Waals surface area contributed by atoms with Gasteiger partial charge in [0.1, 0.15) is 23.0 Å². The maximum absolute atomic E-state index is 10.2. The average Bonchev–Trinajstić information content (AvgIpc) is 2.40. The molecule has 110 valence electrons. The minimum absolute atomic E-state index is 0.0479. The third-order valence-electron chi connectivity index (χ3n) is 3.47.